The van der Waals surface area contributed by atoms with Crippen LogP contribution in [0.2, 0.25) is 0 Å². The van der Waals surface area contributed by atoms with Crippen molar-refractivity contribution in [3.8, 4) is 6.01 Å². The van der Waals surface area contributed by atoms with Gasteiger partial charge in [-0.15, -0.1) is 0 Å². The van der Waals surface area contributed by atoms with Crippen LogP contribution < -0.4 is 4.74 Å². The van der Waals surface area contributed by atoms with Crippen molar-refractivity contribution in [1.82, 2.24) is 14.9 Å². The number of hydrogen-bond acceptors (Lipinski definition) is 6. The van der Waals surface area contributed by atoms with Crippen LogP contribution in [0.25, 0.3) is 0 Å². The molecule has 25 heavy (non-hydrogen) atoms. The first-order chi connectivity index (χ1) is 11.8. The van der Waals surface area contributed by atoms with Gasteiger partial charge in [0.1, 0.15) is 6.10 Å². The van der Waals surface area contributed by atoms with E-state index in [1.807, 2.05) is 0 Å². The third-order valence-corrected chi connectivity index (χ3v) is 4.70. The molecule has 2 unspecified atom stereocenters. The summed E-state index contributed by atoms with van der Waals surface area (Å²) in [5.74, 6) is -2.51. The van der Waals surface area contributed by atoms with E-state index in [1.54, 1.807) is 12.4 Å². The highest BCUT2D eigenvalue weighted by Gasteiger charge is 2.39. The van der Waals surface area contributed by atoms with Crippen molar-refractivity contribution in [2.24, 2.45) is 0 Å². The number of fused-ring (bicyclic) bond motifs is 2. The molecule has 3 heterocycles. The van der Waals surface area contributed by atoms with Gasteiger partial charge in [0.25, 0.3) is 0 Å². The van der Waals surface area contributed by atoms with Crippen LogP contribution in [-0.4, -0.2) is 62.3 Å². The standard InChI is InChI=1S/C12H16BrN3O.C4H4O4/c1-16-9-2-3-10(16)5-11(4-9)17-12-14-6-8(13)7-15-12;5-3(6)1-2-4(7)8/h6-7,9-11H,2-5H2,1H3;1-2H,(H,5,6)(H,7,8)/b;2-1+. The summed E-state index contributed by atoms with van der Waals surface area (Å²) >= 11 is 3.32. The molecule has 3 rings (SSSR count). The van der Waals surface area contributed by atoms with Gasteiger partial charge in [-0.3, -0.25) is 0 Å². The van der Waals surface area contributed by atoms with Crippen molar-refractivity contribution >= 4 is 27.9 Å². The minimum Gasteiger partial charge on any atom is -0.478 e. The molecule has 0 aromatic carbocycles. The van der Waals surface area contributed by atoms with E-state index in [9.17, 15) is 9.59 Å². The summed E-state index contributed by atoms with van der Waals surface area (Å²) in [6.07, 6.45) is 9.68. The Morgan fingerprint density at radius 1 is 1.16 bits per heavy atom. The highest BCUT2D eigenvalue weighted by Crippen LogP contribution is 2.35. The van der Waals surface area contributed by atoms with Crippen LogP contribution in [-0.2, 0) is 9.59 Å². The van der Waals surface area contributed by atoms with Crippen molar-refractivity contribution in [2.75, 3.05) is 7.05 Å². The number of rotatable bonds is 4. The molecule has 0 saturated carbocycles. The molecule has 1 aromatic rings. The van der Waals surface area contributed by atoms with Crippen LogP contribution in [0.1, 0.15) is 25.7 Å². The Kier molecular flexibility index (Phi) is 6.89. The molecule has 136 valence electrons. The maximum atomic E-state index is 9.55. The average Bonchev–Trinajstić information content (AvgIpc) is 2.77. The van der Waals surface area contributed by atoms with Crippen LogP contribution in [0.3, 0.4) is 0 Å². The zero-order valence-corrected chi connectivity index (χ0v) is 15.3. The Morgan fingerprint density at radius 3 is 2.08 bits per heavy atom. The second-order valence-electron chi connectivity index (χ2n) is 5.96. The van der Waals surface area contributed by atoms with Crippen LogP contribution in [0, 0.1) is 0 Å². The monoisotopic (exact) mass is 413 g/mol. The Morgan fingerprint density at radius 2 is 1.64 bits per heavy atom. The smallest absolute Gasteiger partial charge is 0.328 e. The second kappa shape index (κ2) is 8.91. The number of carboxylic acids is 2. The van der Waals surface area contributed by atoms with E-state index in [-0.39, 0.29) is 6.10 Å². The van der Waals surface area contributed by atoms with E-state index in [1.165, 1.54) is 12.8 Å². The van der Waals surface area contributed by atoms with Crippen molar-refractivity contribution in [2.45, 2.75) is 43.9 Å². The molecule has 0 spiro atoms. The van der Waals surface area contributed by atoms with E-state index in [4.69, 9.17) is 14.9 Å². The van der Waals surface area contributed by atoms with Gasteiger partial charge in [0.2, 0.25) is 0 Å². The average molecular weight is 414 g/mol. The summed E-state index contributed by atoms with van der Waals surface area (Å²) in [5.41, 5.74) is 0. The second-order valence-corrected chi connectivity index (χ2v) is 6.87. The summed E-state index contributed by atoms with van der Waals surface area (Å²) in [6.45, 7) is 0. The van der Waals surface area contributed by atoms with Crippen LogP contribution >= 0.6 is 15.9 Å². The fraction of sp³-hybridized carbons (Fsp3) is 0.500. The number of aromatic nitrogens is 2. The zero-order valence-electron chi connectivity index (χ0n) is 13.7. The van der Waals surface area contributed by atoms with Crippen LogP contribution in [0.15, 0.2) is 29.0 Å². The normalized spacial score (nSPS) is 25.3. The first-order valence-corrected chi connectivity index (χ1v) is 8.64. The van der Waals surface area contributed by atoms with Gasteiger partial charge in [-0.2, -0.15) is 0 Å². The molecule has 2 aliphatic rings. The predicted molar refractivity (Wildman–Crippen MR) is 92.4 cm³/mol. The third-order valence-electron chi connectivity index (χ3n) is 4.29. The quantitative estimate of drug-likeness (QED) is 0.719. The number of ether oxygens (including phenoxy) is 1. The van der Waals surface area contributed by atoms with Gasteiger partial charge in [-0.1, -0.05) is 0 Å². The van der Waals surface area contributed by atoms with Crippen LogP contribution in [0.4, 0.5) is 0 Å². The van der Waals surface area contributed by atoms with Crippen molar-refractivity contribution in [3.63, 3.8) is 0 Å². The fourth-order valence-corrected chi connectivity index (χ4v) is 3.32. The van der Waals surface area contributed by atoms with Gasteiger partial charge in [0.15, 0.2) is 0 Å². The molecule has 2 bridgehead atoms. The summed E-state index contributed by atoms with van der Waals surface area (Å²) in [4.78, 5) is 29.9. The first-order valence-electron chi connectivity index (χ1n) is 7.85. The Balaban J connectivity index is 0.000000242. The Bertz CT molecular complexity index is 607. The van der Waals surface area contributed by atoms with E-state index in [2.05, 4.69) is 37.8 Å². The minimum atomic E-state index is -1.26. The van der Waals surface area contributed by atoms with E-state index >= 15 is 0 Å². The van der Waals surface area contributed by atoms with Crippen molar-refractivity contribution in [3.05, 3.63) is 29.0 Å². The lowest BCUT2D eigenvalue weighted by Gasteiger charge is -2.35. The van der Waals surface area contributed by atoms with Gasteiger partial charge in [-0.25, -0.2) is 19.6 Å². The molecule has 0 aliphatic carbocycles. The van der Waals surface area contributed by atoms with E-state index < -0.39 is 11.9 Å². The summed E-state index contributed by atoms with van der Waals surface area (Å²) < 4.78 is 6.75. The largest absolute Gasteiger partial charge is 0.478 e. The van der Waals surface area contributed by atoms with Gasteiger partial charge >= 0.3 is 17.9 Å². The molecule has 1 aromatic heterocycles. The van der Waals surface area contributed by atoms with Crippen LogP contribution in [0.5, 0.6) is 6.01 Å². The van der Waals surface area contributed by atoms with Gasteiger partial charge < -0.3 is 19.8 Å². The first kappa shape index (κ1) is 19.3. The highest BCUT2D eigenvalue weighted by molar-refractivity contribution is 9.10. The number of carboxylic acid groups (broad SMARTS) is 2. The summed E-state index contributed by atoms with van der Waals surface area (Å²) in [5, 5.41) is 15.6. The maximum Gasteiger partial charge on any atom is 0.328 e. The molecule has 2 atom stereocenters. The maximum absolute atomic E-state index is 9.55. The molecule has 2 fully saturated rings. The fourth-order valence-electron chi connectivity index (χ4n) is 3.11. The van der Waals surface area contributed by atoms with Crippen molar-refractivity contribution in [1.29, 1.82) is 0 Å². The molecule has 2 aliphatic heterocycles. The third kappa shape index (κ3) is 6.09. The molecule has 0 radical (unpaired) electrons. The predicted octanol–water partition coefficient (Wildman–Crippen LogP) is 1.95. The molecule has 0 amide bonds. The number of aliphatic carboxylic acids is 2. The number of hydrogen-bond donors (Lipinski definition) is 2. The van der Waals surface area contributed by atoms with Gasteiger partial charge in [-0.05, 0) is 35.8 Å². The lowest BCUT2D eigenvalue weighted by atomic mass is 10.0. The van der Waals surface area contributed by atoms with Gasteiger partial charge in [0.05, 0.1) is 4.47 Å². The number of nitrogens with zero attached hydrogens (tertiary/aromatic N) is 3. The van der Waals surface area contributed by atoms with Crippen molar-refractivity contribution < 1.29 is 24.5 Å². The molecule has 8 nitrogen and oxygen atoms in total. The van der Waals surface area contributed by atoms with E-state index in [0.717, 1.165) is 17.3 Å². The SMILES string of the molecule is CN1C2CCC1CC(Oc1ncc(Br)cn1)C2.O=C(O)/C=C/C(=O)O. The molecule has 2 N–H and O–H groups in total. The molecular formula is C16H20BrN3O5. The van der Waals surface area contributed by atoms with Gasteiger partial charge in [0, 0.05) is 49.5 Å². The number of piperidine rings is 1. The highest BCUT2D eigenvalue weighted by atomic mass is 79.9. The number of halogens is 1. The molecule has 9 heteroatoms. The molecule has 2 saturated heterocycles. The Labute approximate surface area is 153 Å². The summed E-state index contributed by atoms with van der Waals surface area (Å²) in [7, 11) is 2.23. The Hall–Kier alpha value is -2.00. The molecular weight excluding hydrogens is 394 g/mol. The lowest BCUT2D eigenvalue weighted by molar-refractivity contribution is -0.134. The lowest BCUT2D eigenvalue weighted by Crippen LogP contribution is -2.44. The topological polar surface area (TPSA) is 113 Å². The number of carbonyl (C=O) groups is 2. The summed E-state index contributed by atoms with van der Waals surface area (Å²) in [6, 6.07) is 1.88. The zero-order chi connectivity index (χ0) is 18.4. The van der Waals surface area contributed by atoms with E-state index in [0.29, 0.717) is 30.2 Å². The minimum absolute atomic E-state index is 0.282.